The summed E-state index contributed by atoms with van der Waals surface area (Å²) in [4.78, 5) is 20.2. The first-order valence-corrected chi connectivity index (χ1v) is 13.1. The molecule has 2 unspecified atom stereocenters. The maximum absolute atomic E-state index is 12.8. The van der Waals surface area contributed by atoms with E-state index in [9.17, 15) is 4.79 Å². The molecule has 2 atom stereocenters. The van der Waals surface area contributed by atoms with E-state index in [-0.39, 0.29) is 11.7 Å². The Morgan fingerprint density at radius 3 is 2.56 bits per heavy atom. The van der Waals surface area contributed by atoms with Crippen molar-refractivity contribution >= 4 is 22.1 Å². The summed E-state index contributed by atoms with van der Waals surface area (Å²) in [5, 5.41) is 9.62. The maximum atomic E-state index is 12.8. The summed E-state index contributed by atoms with van der Waals surface area (Å²) >= 11 is 0. The second kappa shape index (κ2) is 7.95. The van der Waals surface area contributed by atoms with Gasteiger partial charge < -0.3 is 4.74 Å². The van der Waals surface area contributed by atoms with Gasteiger partial charge in [0.2, 0.25) is 0 Å². The molecule has 186 valence electrons. The second-order valence-corrected chi connectivity index (χ2v) is 11.3. The Morgan fingerprint density at radius 2 is 1.86 bits per heavy atom. The van der Waals surface area contributed by atoms with Crippen LogP contribution in [0.3, 0.4) is 0 Å². The van der Waals surface area contributed by atoms with Crippen molar-refractivity contribution in [3.05, 3.63) is 52.7 Å². The van der Waals surface area contributed by atoms with Crippen LogP contribution in [0.5, 0.6) is 0 Å². The number of likely N-dealkylation sites (tertiary alicyclic amines) is 1. The van der Waals surface area contributed by atoms with E-state index in [4.69, 9.17) is 9.72 Å². The van der Waals surface area contributed by atoms with Crippen molar-refractivity contribution in [2.75, 3.05) is 19.7 Å². The molecule has 0 spiro atoms. The summed E-state index contributed by atoms with van der Waals surface area (Å²) in [7, 11) is 1.75. The smallest absolute Gasteiger partial charge is 0.330 e. The van der Waals surface area contributed by atoms with Crippen LogP contribution in [0.4, 0.5) is 0 Å². The lowest BCUT2D eigenvalue weighted by Crippen LogP contribution is -2.40. The number of benzene rings is 1. The number of rotatable bonds is 7. The van der Waals surface area contributed by atoms with E-state index in [1.807, 2.05) is 32.2 Å². The lowest BCUT2D eigenvalue weighted by molar-refractivity contribution is 0.0414. The summed E-state index contributed by atoms with van der Waals surface area (Å²) in [5.74, 6) is 1.93. The summed E-state index contributed by atoms with van der Waals surface area (Å²) in [6.07, 6.45) is 5.89. The largest absolute Gasteiger partial charge is 0.373 e. The van der Waals surface area contributed by atoms with Gasteiger partial charge in [-0.25, -0.2) is 4.79 Å². The fourth-order valence-electron chi connectivity index (χ4n) is 6.06. The van der Waals surface area contributed by atoms with Crippen molar-refractivity contribution < 1.29 is 4.74 Å². The Balaban J connectivity index is 1.11. The van der Waals surface area contributed by atoms with Crippen LogP contribution >= 0.6 is 0 Å². The van der Waals surface area contributed by atoms with Gasteiger partial charge in [-0.2, -0.15) is 0 Å². The van der Waals surface area contributed by atoms with Gasteiger partial charge in [-0.15, -0.1) is 10.2 Å². The van der Waals surface area contributed by atoms with E-state index in [0.29, 0.717) is 17.8 Å². The number of ether oxygens (including phenoxy) is 1. The minimum Gasteiger partial charge on any atom is -0.373 e. The maximum Gasteiger partial charge on any atom is 0.330 e. The van der Waals surface area contributed by atoms with E-state index >= 15 is 0 Å². The molecular formula is C28H32N6O2. The van der Waals surface area contributed by atoms with Crippen molar-refractivity contribution in [3.63, 3.8) is 0 Å². The van der Waals surface area contributed by atoms with Gasteiger partial charge in [0.1, 0.15) is 5.52 Å². The summed E-state index contributed by atoms with van der Waals surface area (Å²) in [5.41, 5.74) is 5.43. The summed E-state index contributed by atoms with van der Waals surface area (Å²) in [6, 6.07) is 10.3. The van der Waals surface area contributed by atoms with Gasteiger partial charge >= 0.3 is 5.69 Å². The highest BCUT2D eigenvalue weighted by Crippen LogP contribution is 2.53. The molecule has 3 fully saturated rings. The number of aromatic nitrogens is 5. The van der Waals surface area contributed by atoms with Gasteiger partial charge in [0.05, 0.1) is 24.4 Å². The normalized spacial score (nSPS) is 22.6. The minimum absolute atomic E-state index is 0.0177. The number of hydrogen-bond donors (Lipinski definition) is 0. The Bertz CT molecular complexity index is 1520. The molecule has 1 aliphatic heterocycles. The summed E-state index contributed by atoms with van der Waals surface area (Å²) < 4.78 is 9.53. The average Bonchev–Trinajstić information content (AvgIpc) is 3.78. The SMILES string of the molecule is CC(C)n1c(=O)n(C)c2nnc3ccc(-c4ccc(COCC5(N6CC7CC7C6)CC5)nc4)cc3c21. The zero-order valence-corrected chi connectivity index (χ0v) is 21.1. The number of piperidine rings is 1. The highest BCUT2D eigenvalue weighted by Gasteiger charge is 2.56. The number of aryl methyl sites for hydroxylation is 1. The van der Waals surface area contributed by atoms with Crippen molar-refractivity contribution in [1.82, 2.24) is 29.2 Å². The van der Waals surface area contributed by atoms with Crippen LogP contribution in [0.2, 0.25) is 0 Å². The third-order valence-electron chi connectivity index (χ3n) is 8.54. The molecular weight excluding hydrogens is 452 g/mol. The Hall–Kier alpha value is -3.10. The van der Waals surface area contributed by atoms with Crippen LogP contribution in [-0.4, -0.2) is 54.5 Å². The first-order valence-electron chi connectivity index (χ1n) is 13.1. The van der Waals surface area contributed by atoms with Crippen LogP contribution < -0.4 is 5.69 Å². The van der Waals surface area contributed by atoms with Crippen molar-refractivity contribution in [2.24, 2.45) is 18.9 Å². The molecule has 0 bridgehead atoms. The van der Waals surface area contributed by atoms with Crippen LogP contribution in [0.25, 0.3) is 33.2 Å². The average molecular weight is 485 g/mol. The number of nitrogens with zero attached hydrogens (tertiary/aromatic N) is 6. The molecule has 3 aromatic heterocycles. The predicted molar refractivity (Wildman–Crippen MR) is 139 cm³/mol. The monoisotopic (exact) mass is 484 g/mol. The van der Waals surface area contributed by atoms with Crippen molar-refractivity contribution in [1.29, 1.82) is 0 Å². The third kappa shape index (κ3) is 3.50. The van der Waals surface area contributed by atoms with Gasteiger partial charge in [0, 0.05) is 48.9 Å². The van der Waals surface area contributed by atoms with Crippen molar-refractivity contribution in [3.8, 4) is 11.1 Å². The van der Waals surface area contributed by atoms with Gasteiger partial charge in [-0.05, 0) is 68.7 Å². The number of fused-ring (bicyclic) bond motifs is 4. The molecule has 4 aromatic rings. The number of hydrogen-bond acceptors (Lipinski definition) is 6. The highest BCUT2D eigenvalue weighted by molar-refractivity contribution is 6.02. The quantitative estimate of drug-likeness (QED) is 0.396. The zero-order valence-electron chi connectivity index (χ0n) is 21.1. The topological polar surface area (TPSA) is 78.1 Å². The van der Waals surface area contributed by atoms with Crippen LogP contribution in [0.15, 0.2) is 41.3 Å². The van der Waals surface area contributed by atoms with Gasteiger partial charge in [-0.3, -0.25) is 19.0 Å². The molecule has 0 radical (unpaired) electrons. The first-order chi connectivity index (χ1) is 17.4. The zero-order chi connectivity index (χ0) is 24.6. The molecule has 8 nitrogen and oxygen atoms in total. The molecule has 1 aromatic carbocycles. The van der Waals surface area contributed by atoms with Crippen molar-refractivity contribution in [2.45, 2.75) is 51.3 Å². The molecule has 3 aliphatic rings. The van der Waals surface area contributed by atoms with E-state index in [1.165, 1.54) is 32.4 Å². The predicted octanol–water partition coefficient (Wildman–Crippen LogP) is 3.93. The Morgan fingerprint density at radius 1 is 1.08 bits per heavy atom. The van der Waals surface area contributed by atoms with Crippen LogP contribution in [-0.2, 0) is 18.4 Å². The standard InChI is InChI=1S/C28H32N6O2/c1-17(2)34-25-23-11-18(5-7-24(23)30-31-26(25)32(3)27(34)35)19-4-6-22(29-12-19)15-36-16-28(8-9-28)33-13-20-10-21(20)14-33/h4-7,11-12,17,20-21H,8-10,13-16H2,1-3H3. The molecule has 7 rings (SSSR count). The minimum atomic E-state index is -0.0762. The van der Waals surface area contributed by atoms with Gasteiger partial charge in [0.25, 0.3) is 0 Å². The number of imidazole rings is 1. The lowest BCUT2D eigenvalue weighted by atomic mass is 10.0. The molecule has 36 heavy (non-hydrogen) atoms. The van der Waals surface area contributed by atoms with Crippen LogP contribution in [0, 0.1) is 11.8 Å². The van der Waals surface area contributed by atoms with Gasteiger partial charge in [0.15, 0.2) is 5.65 Å². The fourth-order valence-corrected chi connectivity index (χ4v) is 6.06. The highest BCUT2D eigenvalue weighted by atomic mass is 16.5. The second-order valence-electron chi connectivity index (χ2n) is 11.3. The number of pyridine rings is 1. The molecule has 0 amide bonds. The Labute approximate surface area is 209 Å². The molecule has 1 saturated heterocycles. The molecule has 2 saturated carbocycles. The molecule has 8 heteroatoms. The van der Waals surface area contributed by atoms with Gasteiger partial charge in [-0.1, -0.05) is 12.1 Å². The molecule has 2 aliphatic carbocycles. The molecule has 0 N–H and O–H groups in total. The Kier molecular flexibility index (Phi) is 4.89. The fraction of sp³-hybridized carbons (Fsp3) is 0.500. The van der Waals surface area contributed by atoms with Crippen LogP contribution in [0.1, 0.15) is 44.8 Å². The van der Waals surface area contributed by atoms with E-state index in [1.54, 1.807) is 16.2 Å². The summed E-state index contributed by atoms with van der Waals surface area (Å²) in [6.45, 7) is 7.94. The first kappa shape index (κ1) is 22.1. The van der Waals surface area contributed by atoms with E-state index in [0.717, 1.165) is 51.7 Å². The van der Waals surface area contributed by atoms with E-state index in [2.05, 4.69) is 33.3 Å². The lowest BCUT2D eigenvalue weighted by Gasteiger charge is -2.28. The third-order valence-corrected chi connectivity index (χ3v) is 8.54. The molecule has 4 heterocycles. The van der Waals surface area contributed by atoms with E-state index < -0.39 is 0 Å².